The van der Waals surface area contributed by atoms with Crippen LogP contribution in [0.25, 0.3) is 0 Å². The van der Waals surface area contributed by atoms with Crippen LogP contribution in [0.4, 0.5) is 0 Å². The lowest BCUT2D eigenvalue weighted by molar-refractivity contribution is -0.305. The molecule has 1 heterocycles. The van der Waals surface area contributed by atoms with E-state index in [1.165, 1.54) is 64.2 Å². The second-order valence-corrected chi connectivity index (χ2v) is 20.1. The predicted molar refractivity (Wildman–Crippen MR) is 310 cm³/mol. The third-order valence-electron chi connectivity index (χ3n) is 13.3. The zero-order chi connectivity index (χ0) is 54.7. The lowest BCUT2D eigenvalue weighted by Crippen LogP contribution is -2.61. The highest BCUT2D eigenvalue weighted by atomic mass is 16.7. The summed E-state index contributed by atoms with van der Waals surface area (Å²) >= 11 is 0. The molecule has 1 rings (SSSR count). The van der Waals surface area contributed by atoms with Crippen LogP contribution in [-0.4, -0.2) is 99.6 Å². The minimum atomic E-state index is -1.63. The summed E-state index contributed by atoms with van der Waals surface area (Å²) in [5, 5.41) is 56.7. The number of ether oxygens (including phenoxy) is 3. The fourth-order valence-corrected chi connectivity index (χ4v) is 8.53. The van der Waals surface area contributed by atoms with Gasteiger partial charge in [-0.05, 0) is 89.9 Å². The Morgan fingerprint density at radius 1 is 0.547 bits per heavy atom. The maximum Gasteiger partial charge on any atom is 0.306 e. The fourth-order valence-electron chi connectivity index (χ4n) is 8.53. The molecule has 75 heavy (non-hydrogen) atoms. The lowest BCUT2D eigenvalue weighted by atomic mass is 9.99. The van der Waals surface area contributed by atoms with Crippen LogP contribution in [0.2, 0.25) is 0 Å². The molecular weight excluding hydrogens is 943 g/mol. The smallest absolute Gasteiger partial charge is 0.306 e. The van der Waals surface area contributed by atoms with E-state index >= 15 is 0 Å². The molecule has 0 aromatic heterocycles. The van der Waals surface area contributed by atoms with E-state index in [0.717, 1.165) is 109 Å². The molecule has 8 unspecified atom stereocenters. The highest BCUT2D eigenvalue weighted by Gasteiger charge is 2.47. The van der Waals surface area contributed by atoms with Gasteiger partial charge in [-0.1, -0.05) is 233 Å². The van der Waals surface area contributed by atoms with Gasteiger partial charge in [0.15, 0.2) is 12.4 Å². The van der Waals surface area contributed by atoms with Gasteiger partial charge in [-0.25, -0.2) is 0 Å². The number of aliphatic hydroxyl groups excluding tert-OH is 5. The quantitative estimate of drug-likeness (QED) is 0.0149. The molecule has 8 atom stereocenters. The minimum Gasteiger partial charge on any atom is -0.454 e. The molecule has 1 amide bonds. The zero-order valence-electron chi connectivity index (χ0n) is 47.1. The summed E-state index contributed by atoms with van der Waals surface area (Å²) in [5.74, 6) is -1.26. The Bertz CT molecular complexity index is 1630. The molecule has 0 bridgehead atoms. The van der Waals surface area contributed by atoms with Gasteiger partial charge >= 0.3 is 5.97 Å². The molecule has 1 saturated heterocycles. The summed E-state index contributed by atoms with van der Waals surface area (Å²) in [5.41, 5.74) is 0. The van der Waals surface area contributed by atoms with Crippen molar-refractivity contribution in [3.05, 3.63) is 109 Å². The van der Waals surface area contributed by atoms with Gasteiger partial charge in [0.2, 0.25) is 5.91 Å². The number of aliphatic hydroxyl groups is 5. The molecule has 1 aliphatic rings. The van der Waals surface area contributed by atoms with Crippen LogP contribution in [0.3, 0.4) is 0 Å². The first-order valence-electron chi connectivity index (χ1n) is 29.7. The maximum atomic E-state index is 13.3. The van der Waals surface area contributed by atoms with Gasteiger partial charge in [-0.15, -0.1) is 0 Å². The number of carbonyl (C=O) groups is 2. The predicted octanol–water partition coefficient (Wildman–Crippen LogP) is 13.7. The van der Waals surface area contributed by atoms with E-state index in [1.807, 2.05) is 48.6 Å². The van der Waals surface area contributed by atoms with Gasteiger partial charge in [0.25, 0.3) is 0 Å². The molecule has 6 N–H and O–H groups in total. The number of esters is 1. The van der Waals surface area contributed by atoms with Crippen molar-refractivity contribution in [2.75, 3.05) is 13.2 Å². The van der Waals surface area contributed by atoms with Crippen molar-refractivity contribution in [1.29, 1.82) is 0 Å². The van der Waals surface area contributed by atoms with Gasteiger partial charge < -0.3 is 45.1 Å². The van der Waals surface area contributed by atoms with Gasteiger partial charge in [0.05, 0.1) is 25.4 Å². The SMILES string of the molecule is CC/C=C/C=C/C=C\C=C/CCCCC(O)C(=O)NC(COC1OC(CO)C(O)C(O)C1OC(=O)CCCCCCCCC/C=C\C/C=C\C/C=C\C/C=C\CCCCC)C(O)/C=C/CCCCCCCCCCC. The average Bonchev–Trinajstić information content (AvgIpc) is 3.41. The molecule has 0 aromatic carbocycles. The molecule has 1 fully saturated rings. The molecule has 0 saturated carbocycles. The number of amides is 1. The van der Waals surface area contributed by atoms with E-state index in [2.05, 4.69) is 80.8 Å². The van der Waals surface area contributed by atoms with Crippen molar-refractivity contribution in [2.45, 2.75) is 269 Å². The number of allylic oxidation sites excluding steroid dienone is 17. The van der Waals surface area contributed by atoms with Crippen molar-refractivity contribution < 1.29 is 49.3 Å². The van der Waals surface area contributed by atoms with Crippen molar-refractivity contribution in [3.8, 4) is 0 Å². The standard InChI is InChI=1S/C64H107NO10/c1-4-7-10-13-16-19-22-24-25-26-27-28-29-30-31-32-33-34-37-40-43-46-49-52-59(69)75-62-61(71)60(70)58(53-66)74-64(62)73-54-55(56(67)50-47-44-41-38-35-21-18-15-12-9-6-3)65-63(72)57(68)51-48-45-42-39-36-23-20-17-14-11-8-5-2/h8,11,14,16-17,19-20,23-25,27-28,30-31,36,39,47,50,55-58,60-62,64,66-68,70-71H,4-7,9-10,12-13,15,18,21-22,26,29,32-35,37-38,40-46,48-49,51-54H2,1-3H3,(H,65,72)/b11-8+,17-14+,19-16-,23-20-,25-24-,28-27-,31-30-,39-36-,50-47+. The Balaban J connectivity index is 2.67. The second kappa shape index (κ2) is 51.1. The molecule has 0 aromatic rings. The van der Waals surface area contributed by atoms with Crippen LogP contribution in [0.1, 0.15) is 220 Å². The number of unbranched alkanes of at least 4 members (excludes halogenated alkanes) is 21. The first-order valence-corrected chi connectivity index (χ1v) is 29.7. The maximum absolute atomic E-state index is 13.3. The Hall–Kier alpha value is -3.68. The molecule has 0 spiro atoms. The first-order chi connectivity index (χ1) is 36.7. The normalized spacial score (nSPS) is 20.0. The number of hydrogen-bond acceptors (Lipinski definition) is 10. The Morgan fingerprint density at radius 2 is 1.01 bits per heavy atom. The summed E-state index contributed by atoms with van der Waals surface area (Å²) in [7, 11) is 0. The molecule has 0 aliphatic carbocycles. The topological polar surface area (TPSA) is 175 Å². The van der Waals surface area contributed by atoms with E-state index in [0.29, 0.717) is 12.8 Å². The molecule has 428 valence electrons. The number of carbonyl (C=O) groups excluding carboxylic acids is 2. The van der Waals surface area contributed by atoms with Crippen LogP contribution < -0.4 is 5.32 Å². The van der Waals surface area contributed by atoms with Gasteiger partial charge in [0.1, 0.15) is 24.4 Å². The monoisotopic (exact) mass is 1050 g/mol. The largest absolute Gasteiger partial charge is 0.454 e. The molecule has 11 nitrogen and oxygen atoms in total. The van der Waals surface area contributed by atoms with Crippen molar-refractivity contribution in [1.82, 2.24) is 5.32 Å². The number of rotatable bonds is 48. The fraction of sp³-hybridized carbons (Fsp3) is 0.688. The molecular formula is C64H107NO10. The average molecular weight is 1050 g/mol. The van der Waals surface area contributed by atoms with E-state index in [9.17, 15) is 35.1 Å². The van der Waals surface area contributed by atoms with Gasteiger partial charge in [0, 0.05) is 6.42 Å². The molecule has 0 radical (unpaired) electrons. The van der Waals surface area contributed by atoms with E-state index in [4.69, 9.17) is 14.2 Å². The summed E-state index contributed by atoms with van der Waals surface area (Å²) < 4.78 is 17.5. The zero-order valence-corrected chi connectivity index (χ0v) is 47.1. The minimum absolute atomic E-state index is 0.0999. The van der Waals surface area contributed by atoms with Crippen LogP contribution in [0, 0.1) is 0 Å². The van der Waals surface area contributed by atoms with Crippen LogP contribution >= 0.6 is 0 Å². The highest BCUT2D eigenvalue weighted by molar-refractivity contribution is 5.80. The Morgan fingerprint density at radius 3 is 1.59 bits per heavy atom. The van der Waals surface area contributed by atoms with Crippen molar-refractivity contribution >= 4 is 11.9 Å². The summed E-state index contributed by atoms with van der Waals surface area (Å²) in [6.07, 6.45) is 58.5. The lowest BCUT2D eigenvalue weighted by Gasteiger charge is -2.41. The Labute approximate surface area is 456 Å². The second-order valence-electron chi connectivity index (χ2n) is 20.1. The van der Waals surface area contributed by atoms with E-state index in [1.54, 1.807) is 6.08 Å². The van der Waals surface area contributed by atoms with E-state index < -0.39 is 67.4 Å². The van der Waals surface area contributed by atoms with E-state index in [-0.39, 0.29) is 19.4 Å². The Kier molecular flexibility index (Phi) is 47.2. The first kappa shape index (κ1) is 69.3. The number of hydrogen-bond donors (Lipinski definition) is 6. The molecule has 1 aliphatic heterocycles. The van der Waals surface area contributed by atoms with Crippen molar-refractivity contribution in [2.24, 2.45) is 0 Å². The third kappa shape index (κ3) is 39.4. The van der Waals surface area contributed by atoms with Gasteiger partial charge in [-0.3, -0.25) is 9.59 Å². The summed E-state index contributed by atoms with van der Waals surface area (Å²) in [6.45, 7) is 5.55. The van der Waals surface area contributed by atoms with Crippen LogP contribution in [0.5, 0.6) is 0 Å². The summed E-state index contributed by atoms with van der Waals surface area (Å²) in [6, 6.07) is -1.05. The summed E-state index contributed by atoms with van der Waals surface area (Å²) in [4.78, 5) is 26.4. The number of nitrogens with one attached hydrogen (secondary N) is 1. The van der Waals surface area contributed by atoms with Crippen LogP contribution in [0.15, 0.2) is 109 Å². The van der Waals surface area contributed by atoms with Crippen LogP contribution in [-0.2, 0) is 23.8 Å². The highest BCUT2D eigenvalue weighted by Crippen LogP contribution is 2.26. The van der Waals surface area contributed by atoms with Gasteiger partial charge in [-0.2, -0.15) is 0 Å². The third-order valence-corrected chi connectivity index (χ3v) is 13.3. The molecule has 11 heteroatoms. The van der Waals surface area contributed by atoms with Crippen molar-refractivity contribution in [3.63, 3.8) is 0 Å².